The molecular weight excluding hydrogens is 208 g/mol. The molecule has 0 aliphatic heterocycles. The Morgan fingerprint density at radius 1 is 1.06 bits per heavy atom. The molecule has 0 rings (SSSR count). The molecule has 0 aliphatic rings. The Labute approximate surface area is 95.2 Å². The molecule has 0 aromatic heterocycles. The molecule has 0 spiro atoms. The Hall–Kier alpha value is -1.84. The lowest BCUT2D eigenvalue weighted by Crippen LogP contribution is -2.23. The lowest BCUT2D eigenvalue weighted by atomic mass is 10.3. The second-order valence-corrected chi connectivity index (χ2v) is 3.27. The highest BCUT2D eigenvalue weighted by molar-refractivity contribution is 5.88. The minimum absolute atomic E-state index is 0.237. The third-order valence-corrected chi connectivity index (χ3v) is 1.49. The van der Waals surface area contributed by atoms with Crippen LogP contribution >= 0.6 is 0 Å². The lowest BCUT2D eigenvalue weighted by molar-refractivity contribution is -0.173. The number of hydrogen-bond acceptors (Lipinski definition) is 4. The zero-order chi connectivity index (χ0) is 12.7. The number of carbonyl (C=O) groups is 2. The maximum atomic E-state index is 11.2. The fourth-order valence-electron chi connectivity index (χ4n) is 0.672. The highest BCUT2D eigenvalue weighted by Crippen LogP contribution is 2.05. The molecule has 4 nitrogen and oxygen atoms in total. The number of rotatable bonds is 5. The summed E-state index contributed by atoms with van der Waals surface area (Å²) in [4.78, 5) is 22.4. The maximum absolute atomic E-state index is 11.2. The molecule has 0 aromatic rings. The van der Waals surface area contributed by atoms with Crippen LogP contribution < -0.4 is 0 Å². The van der Waals surface area contributed by atoms with E-state index in [2.05, 4.69) is 13.2 Å². The van der Waals surface area contributed by atoms with Crippen LogP contribution in [0.15, 0.2) is 36.5 Å². The summed E-state index contributed by atoms with van der Waals surface area (Å²) in [6, 6.07) is 0. The molecule has 0 unspecified atom stereocenters. The smallest absolute Gasteiger partial charge is 0.336 e. The summed E-state index contributed by atoms with van der Waals surface area (Å²) >= 11 is 0. The molecule has 16 heavy (non-hydrogen) atoms. The van der Waals surface area contributed by atoms with Gasteiger partial charge in [0, 0.05) is 11.1 Å². The molecule has 0 fully saturated rings. The molecule has 0 heterocycles. The standard InChI is InChI=1S/C12H16O4/c1-6-7-10(15-11(13)8(2)3)16-12(14)9(4)5/h6-7,10H,2,4H2,1,3,5H3/b7-6+. The van der Waals surface area contributed by atoms with Crippen LogP contribution in [0, 0.1) is 0 Å². The van der Waals surface area contributed by atoms with Crippen LogP contribution in [0.4, 0.5) is 0 Å². The monoisotopic (exact) mass is 224 g/mol. The Morgan fingerprint density at radius 3 is 1.69 bits per heavy atom. The van der Waals surface area contributed by atoms with Gasteiger partial charge in [0.25, 0.3) is 6.29 Å². The van der Waals surface area contributed by atoms with Crippen molar-refractivity contribution >= 4 is 11.9 Å². The van der Waals surface area contributed by atoms with E-state index >= 15 is 0 Å². The highest BCUT2D eigenvalue weighted by Gasteiger charge is 2.16. The summed E-state index contributed by atoms with van der Waals surface area (Å²) in [5.74, 6) is -1.23. The van der Waals surface area contributed by atoms with E-state index in [1.54, 1.807) is 13.0 Å². The number of allylic oxidation sites excluding steroid dienone is 1. The van der Waals surface area contributed by atoms with Crippen molar-refractivity contribution in [2.75, 3.05) is 0 Å². The van der Waals surface area contributed by atoms with E-state index in [4.69, 9.17) is 9.47 Å². The summed E-state index contributed by atoms with van der Waals surface area (Å²) in [5, 5.41) is 0. The molecule has 0 saturated heterocycles. The summed E-state index contributed by atoms with van der Waals surface area (Å²) in [7, 11) is 0. The molecule has 0 amide bonds. The largest absolute Gasteiger partial charge is 0.418 e. The summed E-state index contributed by atoms with van der Waals surface area (Å²) in [6.07, 6.45) is 2.02. The zero-order valence-electron chi connectivity index (χ0n) is 9.78. The Bertz CT molecular complexity index is 311. The summed E-state index contributed by atoms with van der Waals surface area (Å²) < 4.78 is 9.73. The van der Waals surface area contributed by atoms with Gasteiger partial charge in [0.15, 0.2) is 0 Å². The van der Waals surface area contributed by atoms with Crippen molar-refractivity contribution in [1.82, 2.24) is 0 Å². The predicted molar refractivity (Wildman–Crippen MR) is 60.4 cm³/mol. The van der Waals surface area contributed by atoms with Crippen molar-refractivity contribution in [2.24, 2.45) is 0 Å². The van der Waals surface area contributed by atoms with Gasteiger partial charge in [-0.1, -0.05) is 19.2 Å². The van der Waals surface area contributed by atoms with Crippen LogP contribution in [0.25, 0.3) is 0 Å². The van der Waals surface area contributed by atoms with Crippen LogP contribution in [0.3, 0.4) is 0 Å². The van der Waals surface area contributed by atoms with Crippen molar-refractivity contribution in [1.29, 1.82) is 0 Å². The van der Waals surface area contributed by atoms with Crippen molar-refractivity contribution in [2.45, 2.75) is 27.1 Å². The fraction of sp³-hybridized carbons (Fsp3) is 0.333. The van der Waals surface area contributed by atoms with Crippen molar-refractivity contribution in [3.8, 4) is 0 Å². The average Bonchev–Trinajstić information content (AvgIpc) is 2.17. The van der Waals surface area contributed by atoms with E-state index in [9.17, 15) is 9.59 Å². The number of esters is 2. The summed E-state index contributed by atoms with van der Waals surface area (Å²) in [5.41, 5.74) is 0.474. The van der Waals surface area contributed by atoms with Crippen LogP contribution in [0.5, 0.6) is 0 Å². The van der Waals surface area contributed by atoms with Crippen molar-refractivity contribution in [3.05, 3.63) is 36.5 Å². The van der Waals surface area contributed by atoms with E-state index in [1.807, 2.05) is 0 Å². The van der Waals surface area contributed by atoms with Crippen LogP contribution in [0.1, 0.15) is 20.8 Å². The number of hydrogen-bond donors (Lipinski definition) is 0. The van der Waals surface area contributed by atoms with Gasteiger partial charge >= 0.3 is 11.9 Å². The van der Waals surface area contributed by atoms with E-state index in [0.29, 0.717) is 0 Å². The first-order valence-electron chi connectivity index (χ1n) is 4.74. The lowest BCUT2D eigenvalue weighted by Gasteiger charge is -2.14. The molecule has 0 aromatic carbocycles. The van der Waals surface area contributed by atoms with Crippen LogP contribution in [0.2, 0.25) is 0 Å². The van der Waals surface area contributed by atoms with Crippen molar-refractivity contribution < 1.29 is 19.1 Å². The van der Waals surface area contributed by atoms with Gasteiger partial charge in [0.1, 0.15) is 0 Å². The van der Waals surface area contributed by atoms with Gasteiger partial charge in [-0.25, -0.2) is 9.59 Å². The van der Waals surface area contributed by atoms with Gasteiger partial charge in [-0.05, 0) is 26.8 Å². The first-order valence-corrected chi connectivity index (χ1v) is 4.74. The van der Waals surface area contributed by atoms with E-state index < -0.39 is 18.2 Å². The predicted octanol–water partition coefficient (Wildman–Crippen LogP) is 2.13. The van der Waals surface area contributed by atoms with E-state index in [-0.39, 0.29) is 11.1 Å². The van der Waals surface area contributed by atoms with Gasteiger partial charge in [-0.3, -0.25) is 0 Å². The minimum atomic E-state index is -1.04. The highest BCUT2D eigenvalue weighted by atomic mass is 16.7. The molecule has 0 aliphatic carbocycles. The Balaban J connectivity index is 4.51. The van der Waals surface area contributed by atoms with Gasteiger partial charge in [-0.15, -0.1) is 0 Å². The third kappa shape index (κ3) is 5.14. The Kier molecular flexibility index (Phi) is 5.85. The van der Waals surface area contributed by atoms with Gasteiger partial charge < -0.3 is 9.47 Å². The normalized spacial score (nSPS) is 10.2. The summed E-state index contributed by atoms with van der Waals surface area (Å²) in [6.45, 7) is 11.6. The van der Waals surface area contributed by atoms with Crippen LogP contribution in [-0.4, -0.2) is 18.2 Å². The Morgan fingerprint density at radius 2 is 1.44 bits per heavy atom. The molecule has 0 saturated carbocycles. The van der Waals surface area contributed by atoms with Gasteiger partial charge in [-0.2, -0.15) is 0 Å². The molecule has 0 radical (unpaired) electrons. The number of ether oxygens (including phenoxy) is 2. The molecule has 0 N–H and O–H groups in total. The quantitative estimate of drug-likeness (QED) is 0.310. The molecule has 0 atom stereocenters. The van der Waals surface area contributed by atoms with E-state index in [0.717, 1.165) is 0 Å². The van der Waals surface area contributed by atoms with Gasteiger partial charge in [0.05, 0.1) is 0 Å². The minimum Gasteiger partial charge on any atom is -0.418 e. The molecule has 88 valence electrons. The third-order valence-electron chi connectivity index (χ3n) is 1.49. The van der Waals surface area contributed by atoms with Crippen LogP contribution in [-0.2, 0) is 19.1 Å². The molecule has 0 bridgehead atoms. The fourth-order valence-corrected chi connectivity index (χ4v) is 0.672. The van der Waals surface area contributed by atoms with Gasteiger partial charge in [0.2, 0.25) is 0 Å². The number of carbonyl (C=O) groups excluding carboxylic acids is 2. The SMILES string of the molecule is C=C(C)C(=O)OC(/C=C/C)OC(=O)C(=C)C. The second-order valence-electron chi connectivity index (χ2n) is 3.27. The van der Waals surface area contributed by atoms with Crippen molar-refractivity contribution in [3.63, 3.8) is 0 Å². The maximum Gasteiger partial charge on any atom is 0.336 e. The van der Waals surface area contributed by atoms with E-state index in [1.165, 1.54) is 19.9 Å². The molecular formula is C12H16O4. The second kappa shape index (κ2) is 6.61. The first kappa shape index (κ1) is 14.2. The topological polar surface area (TPSA) is 52.6 Å². The first-order chi connectivity index (χ1) is 7.38. The zero-order valence-corrected chi connectivity index (χ0v) is 9.78. The molecule has 4 heteroatoms. The average molecular weight is 224 g/mol.